The Morgan fingerprint density at radius 2 is 1.84 bits per heavy atom. The Kier molecular flexibility index (Phi) is 6.79. The van der Waals surface area contributed by atoms with E-state index in [9.17, 15) is 9.59 Å². The molecule has 8 heteroatoms. The molecule has 0 spiro atoms. The molecule has 1 unspecified atom stereocenters. The minimum atomic E-state index is -0.347. The maximum absolute atomic E-state index is 12.5. The van der Waals surface area contributed by atoms with Crippen LogP contribution in [0.15, 0.2) is 60.8 Å². The highest BCUT2D eigenvalue weighted by molar-refractivity contribution is 5.94. The average molecular weight is 433 g/mol. The summed E-state index contributed by atoms with van der Waals surface area (Å²) in [6.45, 7) is 4.44. The summed E-state index contributed by atoms with van der Waals surface area (Å²) in [4.78, 5) is 27.3. The molecule has 2 amide bonds. The van der Waals surface area contributed by atoms with Gasteiger partial charge in [-0.1, -0.05) is 41.6 Å². The lowest BCUT2D eigenvalue weighted by Gasteiger charge is -2.19. The van der Waals surface area contributed by atoms with Crippen molar-refractivity contribution in [3.63, 3.8) is 0 Å². The molecule has 1 atom stereocenters. The number of rotatable bonds is 8. The van der Waals surface area contributed by atoms with Gasteiger partial charge in [-0.3, -0.25) is 9.59 Å². The summed E-state index contributed by atoms with van der Waals surface area (Å²) in [5, 5.41) is 13.7. The van der Waals surface area contributed by atoms with E-state index in [4.69, 9.17) is 0 Å². The SMILES string of the molecule is CC(CC(=O)Nc1cccc(N2CCCC2)c1)NC(=O)c1cn(Cc2ccccc2)nn1. The van der Waals surface area contributed by atoms with Crippen molar-refractivity contribution in [2.45, 2.75) is 38.8 Å². The minimum Gasteiger partial charge on any atom is -0.371 e. The number of benzene rings is 2. The van der Waals surface area contributed by atoms with Crippen LogP contribution in [0.3, 0.4) is 0 Å². The lowest BCUT2D eigenvalue weighted by molar-refractivity contribution is -0.116. The number of hydrogen-bond donors (Lipinski definition) is 2. The van der Waals surface area contributed by atoms with E-state index in [1.165, 1.54) is 12.8 Å². The monoisotopic (exact) mass is 432 g/mol. The number of nitrogens with zero attached hydrogens (tertiary/aromatic N) is 4. The Morgan fingerprint density at radius 3 is 2.62 bits per heavy atom. The van der Waals surface area contributed by atoms with Crippen LogP contribution >= 0.6 is 0 Å². The molecule has 1 fully saturated rings. The van der Waals surface area contributed by atoms with E-state index in [2.05, 4.69) is 31.9 Å². The van der Waals surface area contributed by atoms with E-state index < -0.39 is 0 Å². The van der Waals surface area contributed by atoms with E-state index in [1.54, 1.807) is 17.8 Å². The number of anilines is 2. The molecule has 2 N–H and O–H groups in total. The van der Waals surface area contributed by atoms with Gasteiger partial charge in [0.05, 0.1) is 12.7 Å². The molecule has 1 saturated heterocycles. The Balaban J connectivity index is 1.27. The molecule has 2 heterocycles. The van der Waals surface area contributed by atoms with Gasteiger partial charge in [0.2, 0.25) is 5.91 Å². The molecule has 3 aromatic rings. The van der Waals surface area contributed by atoms with Crippen molar-refractivity contribution in [2.24, 2.45) is 0 Å². The third-order valence-electron chi connectivity index (χ3n) is 5.43. The van der Waals surface area contributed by atoms with Crippen molar-refractivity contribution in [1.82, 2.24) is 20.3 Å². The van der Waals surface area contributed by atoms with Gasteiger partial charge < -0.3 is 15.5 Å². The molecule has 0 radical (unpaired) electrons. The van der Waals surface area contributed by atoms with Crippen LogP contribution in [0.25, 0.3) is 0 Å². The minimum absolute atomic E-state index is 0.149. The Morgan fingerprint density at radius 1 is 1.06 bits per heavy atom. The highest BCUT2D eigenvalue weighted by atomic mass is 16.2. The zero-order chi connectivity index (χ0) is 22.3. The Labute approximate surface area is 187 Å². The first-order valence-corrected chi connectivity index (χ1v) is 11.0. The molecular formula is C24H28N6O2. The summed E-state index contributed by atoms with van der Waals surface area (Å²) in [7, 11) is 0. The second-order valence-corrected chi connectivity index (χ2v) is 8.16. The Bertz CT molecular complexity index is 1060. The van der Waals surface area contributed by atoms with Crippen LogP contribution in [-0.4, -0.2) is 45.9 Å². The molecule has 0 bridgehead atoms. The first-order chi connectivity index (χ1) is 15.6. The number of carbonyl (C=O) groups excluding carboxylic acids is 2. The summed E-state index contributed by atoms with van der Waals surface area (Å²) in [6.07, 6.45) is 4.18. The predicted molar refractivity (Wildman–Crippen MR) is 124 cm³/mol. The van der Waals surface area contributed by atoms with E-state index in [-0.39, 0.29) is 30.0 Å². The number of hydrogen-bond acceptors (Lipinski definition) is 5. The molecule has 166 valence electrons. The fraction of sp³-hybridized carbons (Fsp3) is 0.333. The van der Waals surface area contributed by atoms with Crippen LogP contribution in [0, 0.1) is 0 Å². The second kappa shape index (κ2) is 10.1. The molecule has 1 aromatic heterocycles. The number of carbonyl (C=O) groups is 2. The first kappa shape index (κ1) is 21.5. The molecular weight excluding hydrogens is 404 g/mol. The second-order valence-electron chi connectivity index (χ2n) is 8.16. The number of aromatic nitrogens is 3. The fourth-order valence-electron chi connectivity index (χ4n) is 3.84. The first-order valence-electron chi connectivity index (χ1n) is 11.0. The van der Waals surface area contributed by atoms with Crippen LogP contribution in [0.5, 0.6) is 0 Å². The van der Waals surface area contributed by atoms with Crippen molar-refractivity contribution in [2.75, 3.05) is 23.3 Å². The quantitative estimate of drug-likeness (QED) is 0.571. The summed E-state index contributed by atoms with van der Waals surface area (Å²) in [5.41, 5.74) is 3.19. The van der Waals surface area contributed by atoms with E-state index >= 15 is 0 Å². The predicted octanol–water partition coefficient (Wildman–Crippen LogP) is 3.07. The van der Waals surface area contributed by atoms with Crippen LogP contribution in [0.4, 0.5) is 11.4 Å². The summed E-state index contributed by atoms with van der Waals surface area (Å²) in [6, 6.07) is 17.4. The third kappa shape index (κ3) is 5.72. The molecule has 1 aliphatic heterocycles. The van der Waals surface area contributed by atoms with Crippen molar-refractivity contribution in [3.05, 3.63) is 72.1 Å². The van der Waals surface area contributed by atoms with Gasteiger partial charge in [-0.15, -0.1) is 5.10 Å². The van der Waals surface area contributed by atoms with Gasteiger partial charge in [0.1, 0.15) is 0 Å². The lowest BCUT2D eigenvalue weighted by Crippen LogP contribution is -2.35. The highest BCUT2D eigenvalue weighted by Gasteiger charge is 2.17. The van der Waals surface area contributed by atoms with Gasteiger partial charge in [0, 0.05) is 36.9 Å². The zero-order valence-electron chi connectivity index (χ0n) is 18.2. The van der Waals surface area contributed by atoms with E-state index in [0.717, 1.165) is 30.0 Å². The van der Waals surface area contributed by atoms with Crippen molar-refractivity contribution < 1.29 is 9.59 Å². The van der Waals surface area contributed by atoms with Gasteiger partial charge in [0.15, 0.2) is 5.69 Å². The van der Waals surface area contributed by atoms with Crippen molar-refractivity contribution in [1.29, 1.82) is 0 Å². The summed E-state index contributed by atoms with van der Waals surface area (Å²) in [5.74, 6) is -0.496. The maximum Gasteiger partial charge on any atom is 0.273 e. The molecule has 32 heavy (non-hydrogen) atoms. The van der Waals surface area contributed by atoms with Gasteiger partial charge >= 0.3 is 0 Å². The Hall–Kier alpha value is -3.68. The van der Waals surface area contributed by atoms with Gasteiger partial charge in [-0.25, -0.2) is 4.68 Å². The van der Waals surface area contributed by atoms with Gasteiger partial charge in [0.25, 0.3) is 5.91 Å². The molecule has 0 saturated carbocycles. The van der Waals surface area contributed by atoms with Crippen molar-refractivity contribution in [3.8, 4) is 0 Å². The molecule has 8 nitrogen and oxygen atoms in total. The van der Waals surface area contributed by atoms with E-state index in [0.29, 0.717) is 6.54 Å². The van der Waals surface area contributed by atoms with Gasteiger partial charge in [-0.05, 0) is 43.5 Å². The third-order valence-corrected chi connectivity index (χ3v) is 5.43. The summed E-state index contributed by atoms with van der Waals surface area (Å²) < 4.78 is 1.62. The van der Waals surface area contributed by atoms with Crippen LogP contribution in [0.1, 0.15) is 42.2 Å². The highest BCUT2D eigenvalue weighted by Crippen LogP contribution is 2.23. The largest absolute Gasteiger partial charge is 0.371 e. The van der Waals surface area contributed by atoms with E-state index in [1.807, 2.05) is 48.5 Å². The standard InChI is InChI=1S/C24H28N6O2/c1-18(14-23(31)26-20-10-7-11-21(15-20)29-12-5-6-13-29)25-24(32)22-17-30(28-27-22)16-19-8-3-2-4-9-19/h2-4,7-11,15,17-18H,5-6,12-14,16H2,1H3,(H,25,32)(H,26,31). The van der Waals surface area contributed by atoms with Crippen molar-refractivity contribution >= 4 is 23.2 Å². The smallest absolute Gasteiger partial charge is 0.273 e. The molecule has 4 rings (SSSR count). The van der Waals surface area contributed by atoms with Crippen LogP contribution < -0.4 is 15.5 Å². The van der Waals surface area contributed by atoms with Gasteiger partial charge in [-0.2, -0.15) is 0 Å². The maximum atomic E-state index is 12.5. The lowest BCUT2D eigenvalue weighted by atomic mass is 10.2. The number of amides is 2. The normalized spacial score (nSPS) is 14.2. The average Bonchev–Trinajstić information content (AvgIpc) is 3.47. The number of nitrogens with one attached hydrogen (secondary N) is 2. The van der Waals surface area contributed by atoms with Crippen LogP contribution in [-0.2, 0) is 11.3 Å². The molecule has 0 aliphatic carbocycles. The van der Waals surface area contributed by atoms with Crippen LogP contribution in [0.2, 0.25) is 0 Å². The fourth-order valence-corrected chi connectivity index (χ4v) is 3.84. The molecule has 1 aliphatic rings. The molecule has 2 aromatic carbocycles. The zero-order valence-corrected chi connectivity index (χ0v) is 18.2. The summed E-state index contributed by atoms with van der Waals surface area (Å²) >= 11 is 0. The topological polar surface area (TPSA) is 92.2 Å².